The maximum atomic E-state index is 5.98. The van der Waals surface area contributed by atoms with E-state index in [0.29, 0.717) is 12.6 Å². The highest BCUT2D eigenvalue weighted by atomic mass is 16.3. The number of aryl methyl sites for hydroxylation is 1. The van der Waals surface area contributed by atoms with Gasteiger partial charge in [0, 0.05) is 43.2 Å². The Morgan fingerprint density at radius 3 is 2.81 bits per heavy atom. The van der Waals surface area contributed by atoms with E-state index in [0.717, 1.165) is 56.3 Å². The monoisotopic (exact) mass is 354 g/mol. The molecule has 5 heteroatoms. The van der Waals surface area contributed by atoms with Crippen LogP contribution in [0.15, 0.2) is 46.3 Å². The molecule has 5 nitrogen and oxygen atoms in total. The van der Waals surface area contributed by atoms with Crippen LogP contribution in [-0.2, 0) is 6.54 Å². The molecule has 0 aliphatic carbocycles. The molecular formula is C21H30N4O. The zero-order valence-corrected chi connectivity index (χ0v) is 15.9. The Bertz CT molecular complexity index is 756. The number of furan rings is 1. The number of nitrogens with one attached hydrogen (secondary N) is 2. The molecule has 0 unspecified atom stereocenters. The number of benzene rings is 1. The number of nitrogens with zero attached hydrogens (tertiary/aromatic N) is 2. The van der Waals surface area contributed by atoms with Gasteiger partial charge in [-0.15, -0.1) is 6.58 Å². The average Bonchev–Trinajstić information content (AvgIpc) is 2.98. The first-order chi connectivity index (χ1) is 12.7. The van der Waals surface area contributed by atoms with E-state index in [4.69, 9.17) is 9.41 Å². The van der Waals surface area contributed by atoms with Crippen LogP contribution in [0.3, 0.4) is 0 Å². The summed E-state index contributed by atoms with van der Waals surface area (Å²) in [6.07, 6.45) is 4.23. The molecule has 0 saturated carbocycles. The van der Waals surface area contributed by atoms with Crippen LogP contribution in [0.5, 0.6) is 0 Å². The van der Waals surface area contributed by atoms with E-state index >= 15 is 0 Å². The topological polar surface area (TPSA) is 52.8 Å². The summed E-state index contributed by atoms with van der Waals surface area (Å²) in [6, 6.07) is 8.62. The molecule has 2 heterocycles. The number of likely N-dealkylation sites (tertiary alicyclic amines) is 1. The van der Waals surface area contributed by atoms with Crippen molar-refractivity contribution in [3.63, 3.8) is 0 Å². The largest absolute Gasteiger partial charge is 0.459 e. The minimum absolute atomic E-state index is 0.464. The summed E-state index contributed by atoms with van der Waals surface area (Å²) in [7, 11) is 0. The van der Waals surface area contributed by atoms with Gasteiger partial charge in [0.25, 0.3) is 0 Å². The van der Waals surface area contributed by atoms with Crippen molar-refractivity contribution in [3.8, 4) is 0 Å². The van der Waals surface area contributed by atoms with Crippen molar-refractivity contribution < 1.29 is 4.42 Å². The van der Waals surface area contributed by atoms with Gasteiger partial charge in [-0.05, 0) is 32.8 Å². The minimum Gasteiger partial charge on any atom is -0.459 e. The van der Waals surface area contributed by atoms with E-state index in [9.17, 15) is 0 Å². The van der Waals surface area contributed by atoms with E-state index in [1.807, 2.05) is 24.3 Å². The molecule has 1 aliphatic heterocycles. The fraction of sp³-hybridized carbons (Fsp3) is 0.476. The van der Waals surface area contributed by atoms with Gasteiger partial charge in [0.05, 0.1) is 0 Å². The van der Waals surface area contributed by atoms with Crippen molar-refractivity contribution in [1.29, 1.82) is 0 Å². The van der Waals surface area contributed by atoms with Gasteiger partial charge in [-0.25, -0.2) is 4.99 Å². The summed E-state index contributed by atoms with van der Waals surface area (Å²) < 4.78 is 5.98. The maximum Gasteiger partial charge on any atom is 0.191 e. The summed E-state index contributed by atoms with van der Waals surface area (Å²) in [4.78, 5) is 7.20. The van der Waals surface area contributed by atoms with Gasteiger partial charge in [-0.2, -0.15) is 0 Å². The number of hydrogen-bond donors (Lipinski definition) is 2. The summed E-state index contributed by atoms with van der Waals surface area (Å²) in [5, 5.41) is 8.12. The van der Waals surface area contributed by atoms with Gasteiger partial charge in [0.2, 0.25) is 0 Å². The molecule has 0 spiro atoms. The molecule has 0 amide bonds. The zero-order valence-electron chi connectivity index (χ0n) is 15.9. The van der Waals surface area contributed by atoms with Crippen molar-refractivity contribution in [2.75, 3.05) is 26.2 Å². The SMILES string of the molecule is C=CCN1CCC(NC(=NCc2oc3ccccc3c2C)NCC)CC1. The number of guanidine groups is 1. The molecule has 2 aromatic rings. The lowest BCUT2D eigenvalue weighted by molar-refractivity contribution is 0.225. The number of rotatable bonds is 6. The first-order valence-corrected chi connectivity index (χ1v) is 9.56. The van der Waals surface area contributed by atoms with Gasteiger partial charge in [-0.1, -0.05) is 24.3 Å². The van der Waals surface area contributed by atoms with Crippen LogP contribution in [0.25, 0.3) is 11.0 Å². The molecule has 0 bridgehead atoms. The molecule has 1 aliphatic rings. The lowest BCUT2D eigenvalue weighted by atomic mass is 10.1. The highest BCUT2D eigenvalue weighted by Crippen LogP contribution is 2.25. The quantitative estimate of drug-likeness (QED) is 0.474. The summed E-state index contributed by atoms with van der Waals surface area (Å²) in [5.41, 5.74) is 2.11. The fourth-order valence-corrected chi connectivity index (χ4v) is 3.48. The molecule has 1 fully saturated rings. The van der Waals surface area contributed by atoms with Crippen LogP contribution >= 0.6 is 0 Å². The van der Waals surface area contributed by atoms with Crippen LogP contribution in [0.4, 0.5) is 0 Å². The van der Waals surface area contributed by atoms with E-state index in [1.165, 1.54) is 10.9 Å². The Labute approximate surface area is 156 Å². The fourth-order valence-electron chi connectivity index (χ4n) is 3.48. The van der Waals surface area contributed by atoms with Gasteiger partial charge < -0.3 is 15.1 Å². The Kier molecular flexibility index (Phi) is 6.34. The van der Waals surface area contributed by atoms with Crippen LogP contribution < -0.4 is 10.6 Å². The highest BCUT2D eigenvalue weighted by molar-refractivity contribution is 5.82. The second kappa shape index (κ2) is 8.90. The Morgan fingerprint density at radius 2 is 2.12 bits per heavy atom. The van der Waals surface area contributed by atoms with E-state index in [-0.39, 0.29) is 0 Å². The molecule has 26 heavy (non-hydrogen) atoms. The highest BCUT2D eigenvalue weighted by Gasteiger charge is 2.19. The van der Waals surface area contributed by atoms with Crippen molar-refractivity contribution in [2.45, 2.75) is 39.3 Å². The number of para-hydroxylation sites is 1. The van der Waals surface area contributed by atoms with E-state index < -0.39 is 0 Å². The molecule has 1 aromatic carbocycles. The molecule has 1 saturated heterocycles. The number of piperidine rings is 1. The van der Waals surface area contributed by atoms with Crippen LogP contribution in [0.2, 0.25) is 0 Å². The Morgan fingerprint density at radius 1 is 1.35 bits per heavy atom. The van der Waals surface area contributed by atoms with Crippen molar-refractivity contribution in [1.82, 2.24) is 15.5 Å². The molecule has 0 radical (unpaired) electrons. The molecular weight excluding hydrogens is 324 g/mol. The summed E-state index contributed by atoms with van der Waals surface area (Å²) in [6.45, 7) is 12.6. The first-order valence-electron chi connectivity index (χ1n) is 9.56. The lowest BCUT2D eigenvalue weighted by Gasteiger charge is -2.32. The summed E-state index contributed by atoms with van der Waals surface area (Å²) >= 11 is 0. The van der Waals surface area contributed by atoms with Gasteiger partial charge >= 0.3 is 0 Å². The lowest BCUT2D eigenvalue weighted by Crippen LogP contribution is -2.48. The average molecular weight is 354 g/mol. The third kappa shape index (κ3) is 4.47. The third-order valence-electron chi connectivity index (χ3n) is 4.98. The molecule has 1 aromatic heterocycles. The van der Waals surface area contributed by atoms with Crippen LogP contribution in [0, 0.1) is 6.92 Å². The van der Waals surface area contributed by atoms with Crippen LogP contribution in [0.1, 0.15) is 31.1 Å². The van der Waals surface area contributed by atoms with E-state index in [1.54, 1.807) is 0 Å². The second-order valence-electron chi connectivity index (χ2n) is 6.85. The van der Waals surface area contributed by atoms with Crippen LogP contribution in [-0.4, -0.2) is 43.1 Å². The van der Waals surface area contributed by atoms with Gasteiger partial charge in [0.15, 0.2) is 5.96 Å². The zero-order chi connectivity index (χ0) is 18.4. The molecule has 0 atom stereocenters. The van der Waals surface area contributed by atoms with Gasteiger partial charge in [-0.3, -0.25) is 4.90 Å². The summed E-state index contributed by atoms with van der Waals surface area (Å²) in [5.74, 6) is 1.80. The van der Waals surface area contributed by atoms with Gasteiger partial charge in [0.1, 0.15) is 17.9 Å². The normalized spacial score (nSPS) is 16.8. The predicted molar refractivity (Wildman–Crippen MR) is 109 cm³/mol. The number of fused-ring (bicyclic) bond motifs is 1. The number of aliphatic imine (C=N–C) groups is 1. The Hall–Kier alpha value is -2.27. The third-order valence-corrected chi connectivity index (χ3v) is 4.98. The second-order valence-corrected chi connectivity index (χ2v) is 6.85. The smallest absolute Gasteiger partial charge is 0.191 e. The maximum absolute atomic E-state index is 5.98. The first kappa shape index (κ1) is 18.5. The standard InChI is InChI=1S/C21H30N4O/c1-4-12-25-13-10-17(11-14-25)24-21(22-5-2)23-15-20-16(3)18-8-6-7-9-19(18)26-20/h4,6-9,17H,1,5,10-15H2,2-3H3,(H2,22,23,24). The number of hydrogen-bond acceptors (Lipinski definition) is 3. The van der Waals surface area contributed by atoms with Crippen molar-refractivity contribution in [2.24, 2.45) is 4.99 Å². The minimum atomic E-state index is 0.464. The molecule has 2 N–H and O–H groups in total. The van der Waals surface area contributed by atoms with Crippen molar-refractivity contribution in [3.05, 3.63) is 48.2 Å². The van der Waals surface area contributed by atoms with E-state index in [2.05, 4.69) is 42.0 Å². The Balaban J connectivity index is 1.63. The van der Waals surface area contributed by atoms with Crippen molar-refractivity contribution >= 4 is 16.9 Å². The molecule has 3 rings (SSSR count). The predicted octanol–water partition coefficient (Wildman–Crippen LogP) is 3.45. The molecule has 140 valence electrons.